The number of ether oxygens (including phenoxy) is 1. The molecule has 25 heavy (non-hydrogen) atoms. The maximum Gasteiger partial charge on any atom is 0.155 e. The second-order valence-electron chi connectivity index (χ2n) is 6.50. The Kier molecular flexibility index (Phi) is 4.73. The Balaban J connectivity index is 2.18. The number of hydrogen-bond donors (Lipinski definition) is 0. The van der Waals surface area contributed by atoms with Gasteiger partial charge in [0, 0.05) is 27.9 Å². The van der Waals surface area contributed by atoms with Crippen LogP contribution in [0, 0.1) is 0 Å². The molecule has 0 N–H and O–H groups in total. The molecule has 128 valence electrons. The van der Waals surface area contributed by atoms with Crippen LogP contribution in [0.15, 0.2) is 60.5 Å². The summed E-state index contributed by atoms with van der Waals surface area (Å²) in [5.74, 6) is 0.591. The molecule has 0 saturated carbocycles. The Labute approximate surface area is 152 Å². The lowest BCUT2D eigenvalue weighted by Gasteiger charge is -2.28. The van der Waals surface area contributed by atoms with Gasteiger partial charge in [-0.05, 0) is 45.9 Å². The summed E-state index contributed by atoms with van der Waals surface area (Å²) < 4.78 is 7.38. The van der Waals surface area contributed by atoms with E-state index < -0.39 is 5.60 Å². The Morgan fingerprint density at radius 3 is 2.52 bits per heavy atom. The van der Waals surface area contributed by atoms with E-state index in [2.05, 4.69) is 17.1 Å². The lowest BCUT2D eigenvalue weighted by atomic mass is 9.93. The molecule has 2 heterocycles. The molecule has 2 aromatic heterocycles. The van der Waals surface area contributed by atoms with Crippen molar-refractivity contribution in [1.29, 1.82) is 0 Å². The number of carbonyl (C=O) groups is 1. The number of carbonyl (C=O) groups excluding carboxylic acids is 1. The summed E-state index contributed by atoms with van der Waals surface area (Å²) in [5.41, 5.74) is 1.44. The average Bonchev–Trinajstić information content (AvgIpc) is 2.94. The van der Waals surface area contributed by atoms with Crippen LogP contribution in [0.1, 0.15) is 33.3 Å². The van der Waals surface area contributed by atoms with Crippen molar-refractivity contribution in [1.82, 2.24) is 4.98 Å². The van der Waals surface area contributed by atoms with Gasteiger partial charge in [-0.2, -0.15) is 0 Å². The van der Waals surface area contributed by atoms with Crippen LogP contribution in [0.5, 0.6) is 0 Å². The molecule has 0 atom stereocenters. The molecule has 0 aliphatic carbocycles. The summed E-state index contributed by atoms with van der Waals surface area (Å²) in [5, 5.41) is 1.16. The van der Waals surface area contributed by atoms with Crippen molar-refractivity contribution in [3.05, 3.63) is 66.1 Å². The fourth-order valence-corrected chi connectivity index (χ4v) is 4.42. The van der Waals surface area contributed by atoms with Crippen molar-refractivity contribution in [3.63, 3.8) is 0 Å². The molecule has 4 heteroatoms. The van der Waals surface area contributed by atoms with Gasteiger partial charge in [0.25, 0.3) is 0 Å². The second kappa shape index (κ2) is 6.81. The Morgan fingerprint density at radius 1 is 1.12 bits per heavy atom. The molecule has 0 radical (unpaired) electrons. The van der Waals surface area contributed by atoms with Gasteiger partial charge in [0.2, 0.25) is 0 Å². The normalized spacial score (nSPS) is 12.4. The quantitative estimate of drug-likeness (QED) is 0.437. The number of fused-ring (bicyclic) bond motifs is 1. The maximum atomic E-state index is 11.4. The molecular formula is C21H21NO2S. The number of ketones is 1. The monoisotopic (exact) mass is 351 g/mol. The molecular weight excluding hydrogens is 330 g/mol. The van der Waals surface area contributed by atoms with Gasteiger partial charge in [0.1, 0.15) is 5.60 Å². The molecule has 0 aliphatic heterocycles. The zero-order valence-corrected chi connectivity index (χ0v) is 15.7. The summed E-state index contributed by atoms with van der Waals surface area (Å²) in [4.78, 5) is 17.0. The highest BCUT2D eigenvalue weighted by Crippen LogP contribution is 2.45. The molecule has 3 aromatic rings. The molecule has 0 bridgehead atoms. The molecule has 0 spiro atoms. The number of allylic oxidation sites excluding steroid dienone is 2. The van der Waals surface area contributed by atoms with Crippen LogP contribution in [-0.2, 0) is 15.1 Å². The fourth-order valence-electron chi connectivity index (χ4n) is 3.09. The van der Waals surface area contributed by atoms with Gasteiger partial charge in [-0.25, -0.2) is 0 Å². The molecule has 0 saturated heterocycles. The zero-order valence-electron chi connectivity index (χ0n) is 14.9. The van der Waals surface area contributed by atoms with Gasteiger partial charge in [-0.3, -0.25) is 9.78 Å². The number of rotatable bonds is 5. The lowest BCUT2D eigenvalue weighted by molar-refractivity contribution is -0.113. The topological polar surface area (TPSA) is 39.2 Å². The van der Waals surface area contributed by atoms with E-state index in [0.717, 1.165) is 21.5 Å². The Hall–Kier alpha value is -2.46. The molecule has 0 aliphatic rings. The number of nitrogens with zero attached hydrogens (tertiary/aromatic N) is 1. The van der Waals surface area contributed by atoms with Crippen LogP contribution in [0.2, 0.25) is 0 Å². The minimum atomic E-state index is -0.595. The van der Waals surface area contributed by atoms with Crippen LogP contribution in [-0.4, -0.2) is 10.8 Å². The number of hydrogen-bond acceptors (Lipinski definition) is 4. The third kappa shape index (κ3) is 3.64. The summed E-state index contributed by atoms with van der Waals surface area (Å²) in [7, 11) is 0. The first kappa shape index (κ1) is 17.4. The summed E-state index contributed by atoms with van der Waals surface area (Å²) in [6.07, 6.45) is 3.33. The first-order chi connectivity index (χ1) is 11.9. The van der Waals surface area contributed by atoms with Gasteiger partial charge in [-0.1, -0.05) is 24.3 Å². The number of aromatic nitrogens is 1. The molecule has 0 amide bonds. The largest absolute Gasteiger partial charge is 0.488 e. The van der Waals surface area contributed by atoms with E-state index in [-0.39, 0.29) is 5.78 Å². The molecule has 3 nitrogen and oxygen atoms in total. The van der Waals surface area contributed by atoms with E-state index in [9.17, 15) is 4.79 Å². The highest BCUT2D eigenvalue weighted by atomic mass is 32.1. The first-order valence-corrected chi connectivity index (χ1v) is 9.01. The van der Waals surface area contributed by atoms with Gasteiger partial charge in [-0.15, -0.1) is 11.3 Å². The SMILES string of the molecule is CC(=O)/C=C(/C)OC(C)(C)c1c(-c2ccccn2)sc2ccccc12. The number of benzene rings is 1. The van der Waals surface area contributed by atoms with Crippen molar-refractivity contribution in [3.8, 4) is 10.6 Å². The van der Waals surface area contributed by atoms with E-state index in [1.807, 2.05) is 51.1 Å². The zero-order chi connectivity index (χ0) is 18.0. The van der Waals surface area contributed by atoms with Crippen LogP contribution >= 0.6 is 11.3 Å². The van der Waals surface area contributed by atoms with E-state index in [1.165, 1.54) is 17.7 Å². The minimum Gasteiger partial charge on any atom is -0.488 e. The smallest absolute Gasteiger partial charge is 0.155 e. The Bertz CT molecular complexity index is 939. The van der Waals surface area contributed by atoms with E-state index >= 15 is 0 Å². The molecule has 0 fully saturated rings. The molecule has 1 aromatic carbocycles. The van der Waals surface area contributed by atoms with Crippen LogP contribution in [0.4, 0.5) is 0 Å². The van der Waals surface area contributed by atoms with Gasteiger partial charge in [0.05, 0.1) is 16.3 Å². The third-order valence-corrected chi connectivity index (χ3v) is 5.11. The molecule has 0 unspecified atom stereocenters. The van der Waals surface area contributed by atoms with Gasteiger partial charge >= 0.3 is 0 Å². The highest BCUT2D eigenvalue weighted by Gasteiger charge is 2.31. The van der Waals surface area contributed by atoms with Crippen molar-refractivity contribution < 1.29 is 9.53 Å². The van der Waals surface area contributed by atoms with Crippen LogP contribution in [0.25, 0.3) is 20.7 Å². The number of thiophene rings is 1. The third-order valence-electron chi connectivity index (χ3n) is 3.92. The predicted molar refractivity (Wildman–Crippen MR) is 104 cm³/mol. The molecule has 3 rings (SSSR count). The average molecular weight is 351 g/mol. The van der Waals surface area contributed by atoms with Crippen molar-refractivity contribution >= 4 is 27.2 Å². The summed E-state index contributed by atoms with van der Waals surface area (Å²) in [6, 6.07) is 14.2. The predicted octanol–water partition coefficient (Wildman–Crippen LogP) is 5.71. The first-order valence-electron chi connectivity index (χ1n) is 8.20. The lowest BCUT2D eigenvalue weighted by Crippen LogP contribution is -2.21. The van der Waals surface area contributed by atoms with E-state index in [0.29, 0.717) is 5.76 Å². The van der Waals surface area contributed by atoms with Crippen molar-refractivity contribution in [2.24, 2.45) is 0 Å². The number of pyridine rings is 1. The second-order valence-corrected chi connectivity index (χ2v) is 7.55. The Morgan fingerprint density at radius 2 is 1.84 bits per heavy atom. The van der Waals surface area contributed by atoms with E-state index in [1.54, 1.807) is 17.5 Å². The summed E-state index contributed by atoms with van der Waals surface area (Å²) in [6.45, 7) is 7.41. The van der Waals surface area contributed by atoms with Crippen LogP contribution < -0.4 is 0 Å². The fraction of sp³-hybridized carbons (Fsp3) is 0.238. The highest BCUT2D eigenvalue weighted by molar-refractivity contribution is 7.22. The van der Waals surface area contributed by atoms with Crippen molar-refractivity contribution in [2.45, 2.75) is 33.3 Å². The minimum absolute atomic E-state index is 0.0200. The van der Waals surface area contributed by atoms with Crippen molar-refractivity contribution in [2.75, 3.05) is 0 Å². The van der Waals surface area contributed by atoms with Gasteiger partial charge in [0.15, 0.2) is 5.78 Å². The standard InChI is InChI=1S/C21H21NO2S/c1-14(23)13-15(2)24-21(3,4)19-16-9-5-6-11-18(16)25-20(19)17-10-7-8-12-22-17/h5-13H,1-4H3/b15-13-. The maximum absolute atomic E-state index is 11.4. The van der Waals surface area contributed by atoms with Gasteiger partial charge < -0.3 is 4.74 Å². The van der Waals surface area contributed by atoms with Crippen LogP contribution in [0.3, 0.4) is 0 Å². The summed E-state index contributed by atoms with van der Waals surface area (Å²) >= 11 is 1.72. The van der Waals surface area contributed by atoms with E-state index in [4.69, 9.17) is 4.74 Å².